The molecule has 0 spiro atoms. The monoisotopic (exact) mass is 337 g/mol. The molecule has 0 unspecified atom stereocenters. The van der Waals surface area contributed by atoms with E-state index >= 15 is 0 Å². The van der Waals surface area contributed by atoms with Gasteiger partial charge in [0.2, 0.25) is 5.91 Å². The third-order valence-corrected chi connectivity index (χ3v) is 4.07. The number of imide groups is 1. The highest BCUT2D eigenvalue weighted by Gasteiger charge is 2.28. The molecule has 1 heterocycles. The molecule has 0 aliphatic carbocycles. The molecular formula is C14H15N3O5S. The van der Waals surface area contributed by atoms with Gasteiger partial charge in [-0.3, -0.25) is 24.6 Å². The lowest BCUT2D eigenvalue weighted by Crippen LogP contribution is -2.44. The van der Waals surface area contributed by atoms with Crippen LogP contribution in [0.25, 0.3) is 0 Å². The average molecular weight is 337 g/mol. The van der Waals surface area contributed by atoms with Crippen LogP contribution in [0, 0.1) is 0 Å². The number of fused-ring (bicyclic) bond motifs is 1. The maximum absolute atomic E-state index is 12.0. The van der Waals surface area contributed by atoms with Crippen LogP contribution in [0.4, 0.5) is 10.5 Å². The van der Waals surface area contributed by atoms with Crippen molar-refractivity contribution in [2.75, 3.05) is 17.2 Å². The van der Waals surface area contributed by atoms with Gasteiger partial charge in [-0.2, -0.15) is 0 Å². The first-order chi connectivity index (χ1) is 10.9. The molecule has 0 radical (unpaired) electrons. The van der Waals surface area contributed by atoms with E-state index in [0.29, 0.717) is 5.69 Å². The van der Waals surface area contributed by atoms with Crippen molar-refractivity contribution in [3.8, 4) is 0 Å². The van der Waals surface area contributed by atoms with Crippen molar-refractivity contribution in [3.63, 3.8) is 0 Å². The topological polar surface area (TPSA) is 119 Å². The molecule has 1 aromatic rings. The van der Waals surface area contributed by atoms with Crippen molar-refractivity contribution in [2.24, 2.45) is 5.73 Å². The number of primary amides is 1. The Hall–Kier alpha value is -2.55. The number of carbonyl (C=O) groups is 4. The van der Waals surface area contributed by atoms with Crippen molar-refractivity contribution in [3.05, 3.63) is 24.3 Å². The quantitative estimate of drug-likeness (QED) is 0.760. The molecule has 8 nitrogen and oxygen atoms in total. The van der Waals surface area contributed by atoms with Gasteiger partial charge in [-0.05, 0) is 19.1 Å². The lowest BCUT2D eigenvalue weighted by atomic mass is 10.2. The third kappa shape index (κ3) is 4.22. The highest BCUT2D eigenvalue weighted by Crippen LogP contribution is 2.34. The molecule has 0 fully saturated rings. The van der Waals surface area contributed by atoms with Crippen molar-refractivity contribution >= 4 is 41.3 Å². The van der Waals surface area contributed by atoms with E-state index < -0.39 is 24.0 Å². The Morgan fingerprint density at radius 2 is 2.09 bits per heavy atom. The zero-order valence-electron chi connectivity index (χ0n) is 12.3. The molecule has 23 heavy (non-hydrogen) atoms. The molecule has 1 aliphatic rings. The summed E-state index contributed by atoms with van der Waals surface area (Å²) in [4.78, 5) is 48.2. The number of esters is 1. The fourth-order valence-corrected chi connectivity index (χ4v) is 2.90. The fraction of sp³-hybridized carbons (Fsp3) is 0.286. The van der Waals surface area contributed by atoms with Crippen molar-refractivity contribution in [2.45, 2.75) is 17.9 Å². The van der Waals surface area contributed by atoms with Crippen LogP contribution in [-0.4, -0.2) is 42.2 Å². The smallest absolute Gasteiger partial charge is 0.326 e. The molecule has 122 valence electrons. The number of hydrogen-bond acceptors (Lipinski definition) is 6. The lowest BCUT2D eigenvalue weighted by Gasteiger charge is -2.28. The predicted molar refractivity (Wildman–Crippen MR) is 82.8 cm³/mol. The number of anilines is 1. The summed E-state index contributed by atoms with van der Waals surface area (Å²) >= 11 is 1.39. The number of urea groups is 1. The molecule has 0 saturated heterocycles. The number of carbonyl (C=O) groups excluding carboxylic acids is 4. The van der Waals surface area contributed by atoms with E-state index in [4.69, 9.17) is 10.5 Å². The highest BCUT2D eigenvalue weighted by atomic mass is 32.2. The summed E-state index contributed by atoms with van der Waals surface area (Å²) in [5.41, 5.74) is 5.44. The van der Waals surface area contributed by atoms with E-state index in [1.165, 1.54) is 23.6 Å². The zero-order valence-corrected chi connectivity index (χ0v) is 13.1. The number of nitrogens with two attached hydrogens (primary N) is 1. The van der Waals surface area contributed by atoms with Gasteiger partial charge < -0.3 is 10.5 Å². The second kappa shape index (κ2) is 7.14. The Kier molecular flexibility index (Phi) is 5.22. The molecule has 0 aromatic heterocycles. The molecular weight excluding hydrogens is 322 g/mol. The molecule has 9 heteroatoms. The maximum Gasteiger partial charge on any atom is 0.326 e. The van der Waals surface area contributed by atoms with Crippen molar-refractivity contribution in [1.82, 2.24) is 5.32 Å². The minimum absolute atomic E-state index is 0.222. The van der Waals surface area contributed by atoms with Gasteiger partial charge in [-0.1, -0.05) is 12.1 Å². The Morgan fingerprint density at radius 1 is 1.39 bits per heavy atom. The van der Waals surface area contributed by atoms with E-state index in [1.807, 2.05) is 17.4 Å². The number of hydrogen-bond donors (Lipinski definition) is 2. The average Bonchev–Trinajstić information content (AvgIpc) is 2.49. The summed E-state index contributed by atoms with van der Waals surface area (Å²) in [6.07, 6.45) is -1.19. The third-order valence-electron chi connectivity index (χ3n) is 3.02. The second-order valence-electron chi connectivity index (χ2n) is 4.72. The van der Waals surface area contributed by atoms with E-state index in [1.54, 1.807) is 12.1 Å². The van der Waals surface area contributed by atoms with Crippen LogP contribution in [0.1, 0.15) is 6.92 Å². The summed E-state index contributed by atoms with van der Waals surface area (Å²) in [5.74, 6) is -1.58. The van der Waals surface area contributed by atoms with E-state index in [0.717, 1.165) is 4.90 Å². The number of benzene rings is 1. The molecule has 1 aromatic carbocycles. The largest absolute Gasteiger partial charge is 0.451 e. The van der Waals surface area contributed by atoms with Gasteiger partial charge in [0.25, 0.3) is 5.91 Å². The minimum Gasteiger partial charge on any atom is -0.451 e. The summed E-state index contributed by atoms with van der Waals surface area (Å²) < 4.78 is 4.92. The van der Waals surface area contributed by atoms with Gasteiger partial charge in [0.1, 0.15) is 6.54 Å². The Morgan fingerprint density at radius 3 is 2.78 bits per heavy atom. The number of ether oxygens (including phenoxy) is 1. The second-order valence-corrected chi connectivity index (χ2v) is 5.74. The van der Waals surface area contributed by atoms with Crippen molar-refractivity contribution in [1.29, 1.82) is 0 Å². The zero-order chi connectivity index (χ0) is 17.0. The van der Waals surface area contributed by atoms with Crippen LogP contribution in [0.3, 0.4) is 0 Å². The van der Waals surface area contributed by atoms with Crippen LogP contribution in [0.15, 0.2) is 29.2 Å². The molecule has 0 saturated carbocycles. The first-order valence-corrected chi connectivity index (χ1v) is 7.69. The minimum atomic E-state index is -1.19. The van der Waals surface area contributed by atoms with E-state index in [9.17, 15) is 19.2 Å². The predicted octanol–water partition coefficient (Wildman–Crippen LogP) is 0.252. The molecule has 0 bridgehead atoms. The number of nitrogens with one attached hydrogen (secondary N) is 1. The van der Waals surface area contributed by atoms with Gasteiger partial charge in [0.05, 0.1) is 11.4 Å². The molecule has 1 atom stereocenters. The number of amides is 4. The van der Waals surface area contributed by atoms with Gasteiger partial charge in [0, 0.05) is 4.90 Å². The van der Waals surface area contributed by atoms with Crippen LogP contribution in [-0.2, 0) is 19.1 Å². The Labute approximate surface area is 136 Å². The standard InChI is InChI=1S/C14H15N3O5S/c1-8(13(20)16-14(15)21)22-12(19)6-17-9-4-2-3-5-10(9)23-7-11(17)18/h2-5,8H,6-7H2,1H3,(H3,15,16,20,21)/t8-/m1/s1. The number of thioether (sulfide) groups is 1. The first-order valence-electron chi connectivity index (χ1n) is 6.70. The summed E-state index contributed by atoms with van der Waals surface area (Å²) in [6, 6.07) is 6.16. The van der Waals surface area contributed by atoms with Crippen LogP contribution in [0.5, 0.6) is 0 Å². The van der Waals surface area contributed by atoms with Gasteiger partial charge >= 0.3 is 12.0 Å². The number of nitrogens with zero attached hydrogens (tertiary/aromatic N) is 1. The first kappa shape index (κ1) is 16.8. The van der Waals surface area contributed by atoms with Crippen LogP contribution in [0.2, 0.25) is 0 Å². The summed E-state index contributed by atoms with van der Waals surface area (Å²) in [6.45, 7) is 0.989. The van der Waals surface area contributed by atoms with Crippen LogP contribution < -0.4 is 16.0 Å². The highest BCUT2D eigenvalue weighted by molar-refractivity contribution is 8.00. The summed E-state index contributed by atoms with van der Waals surface area (Å²) in [5, 5.41) is 1.81. The molecule has 2 rings (SSSR count). The van der Waals surface area contributed by atoms with Gasteiger partial charge in [-0.15, -0.1) is 11.8 Å². The molecule has 4 amide bonds. The normalized spacial score (nSPS) is 14.7. The number of rotatable bonds is 4. The van der Waals surface area contributed by atoms with E-state index in [2.05, 4.69) is 0 Å². The fourth-order valence-electron chi connectivity index (χ4n) is 1.97. The van der Waals surface area contributed by atoms with E-state index in [-0.39, 0.29) is 18.2 Å². The van der Waals surface area contributed by atoms with Crippen LogP contribution >= 0.6 is 11.8 Å². The Bertz CT molecular complexity index is 664. The maximum atomic E-state index is 12.0. The lowest BCUT2D eigenvalue weighted by molar-refractivity contribution is -0.153. The number of para-hydroxylation sites is 1. The van der Waals surface area contributed by atoms with Gasteiger partial charge in [-0.25, -0.2) is 4.79 Å². The summed E-state index contributed by atoms with van der Waals surface area (Å²) in [7, 11) is 0. The van der Waals surface area contributed by atoms with Gasteiger partial charge in [0.15, 0.2) is 6.10 Å². The van der Waals surface area contributed by atoms with Crippen molar-refractivity contribution < 1.29 is 23.9 Å². The Balaban J connectivity index is 2.01. The SMILES string of the molecule is C[C@@H](OC(=O)CN1C(=O)CSc2ccccc21)C(=O)NC(N)=O. The molecule has 3 N–H and O–H groups in total. The molecule has 1 aliphatic heterocycles.